The lowest BCUT2D eigenvalue weighted by atomic mass is 10.3. The molecule has 0 aromatic carbocycles. The van der Waals surface area contributed by atoms with Gasteiger partial charge in [0.2, 0.25) is 6.34 Å². The van der Waals surface area contributed by atoms with Crippen LogP contribution in [-0.4, -0.2) is 42.5 Å². The summed E-state index contributed by atoms with van der Waals surface area (Å²) in [7, 11) is 2.13. The third-order valence-electron chi connectivity index (χ3n) is 1.90. The van der Waals surface area contributed by atoms with Crippen molar-refractivity contribution < 1.29 is 21.6 Å². The summed E-state index contributed by atoms with van der Waals surface area (Å²) in [5.41, 5.74) is 0. The van der Waals surface area contributed by atoms with E-state index >= 15 is 0 Å². The molecule has 0 saturated heterocycles. The van der Waals surface area contributed by atoms with Gasteiger partial charge in [-0.1, -0.05) is 13.3 Å². The largest absolute Gasteiger partial charge is 1.00 e. The molecule has 3 heteroatoms. The van der Waals surface area contributed by atoms with E-state index in [9.17, 15) is 0 Å². The highest BCUT2D eigenvalue weighted by molar-refractivity contribution is 5.50. The second-order valence-electron chi connectivity index (χ2n) is 2.99. The Morgan fingerprint density at radius 3 is 2.73 bits per heavy atom. The number of hydrogen-bond donors (Lipinski definition) is 0. The molecule has 0 unspecified atom stereocenters. The summed E-state index contributed by atoms with van der Waals surface area (Å²) in [6, 6.07) is 0. The first kappa shape index (κ1) is 11.0. The maximum atomic E-state index is 2.39. The molecule has 0 aliphatic carbocycles. The van der Waals surface area contributed by atoms with Gasteiger partial charge in [0, 0.05) is 0 Å². The number of unbranched alkanes of at least 4 members (excludes halogenated alkanes) is 1. The summed E-state index contributed by atoms with van der Waals surface area (Å²) in [6.45, 7) is 5.89. The fourth-order valence-electron chi connectivity index (χ4n) is 1.21. The maximum Gasteiger partial charge on any atom is 0.234 e. The maximum absolute atomic E-state index is 2.39. The van der Waals surface area contributed by atoms with E-state index in [0.29, 0.717) is 0 Å². The molecular formula is C8H17BrN2. The zero-order valence-electron chi connectivity index (χ0n) is 7.39. The average Bonchev–Trinajstić information content (AvgIpc) is 2.31. The van der Waals surface area contributed by atoms with Gasteiger partial charge in [0.15, 0.2) is 0 Å². The lowest BCUT2D eigenvalue weighted by molar-refractivity contribution is -0.482. The molecule has 11 heavy (non-hydrogen) atoms. The molecule has 1 aliphatic rings. The van der Waals surface area contributed by atoms with Gasteiger partial charge < -0.3 is 17.0 Å². The molecule has 0 atom stereocenters. The topological polar surface area (TPSA) is 6.25 Å². The summed E-state index contributed by atoms with van der Waals surface area (Å²) >= 11 is 0. The van der Waals surface area contributed by atoms with Crippen molar-refractivity contribution in [3.63, 3.8) is 0 Å². The van der Waals surface area contributed by atoms with Crippen molar-refractivity contribution >= 4 is 6.34 Å². The fraction of sp³-hybridized carbons (Fsp3) is 0.875. The van der Waals surface area contributed by atoms with Gasteiger partial charge in [-0.2, -0.15) is 0 Å². The number of hydrogen-bond acceptors (Lipinski definition) is 1. The molecule has 0 aromatic rings. The van der Waals surface area contributed by atoms with Crippen LogP contribution in [0.4, 0.5) is 0 Å². The van der Waals surface area contributed by atoms with Gasteiger partial charge in [0.25, 0.3) is 0 Å². The third-order valence-corrected chi connectivity index (χ3v) is 1.90. The Bertz CT molecular complexity index is 134. The Morgan fingerprint density at radius 2 is 2.27 bits per heavy atom. The number of halogens is 1. The van der Waals surface area contributed by atoms with Crippen LogP contribution >= 0.6 is 0 Å². The van der Waals surface area contributed by atoms with E-state index in [-0.39, 0.29) is 17.0 Å². The summed E-state index contributed by atoms with van der Waals surface area (Å²) in [6.07, 6.45) is 4.84. The van der Waals surface area contributed by atoms with Gasteiger partial charge in [0.1, 0.15) is 13.1 Å². The molecule has 0 aromatic heterocycles. The molecule has 1 heterocycles. The van der Waals surface area contributed by atoms with Crippen molar-refractivity contribution in [2.24, 2.45) is 0 Å². The normalized spacial score (nSPS) is 16.2. The van der Waals surface area contributed by atoms with Crippen molar-refractivity contribution in [2.75, 3.05) is 26.7 Å². The van der Waals surface area contributed by atoms with Crippen molar-refractivity contribution in [1.29, 1.82) is 0 Å². The monoisotopic (exact) mass is 220 g/mol. The fourth-order valence-corrected chi connectivity index (χ4v) is 1.21. The predicted molar refractivity (Wildman–Crippen MR) is 43.6 cm³/mol. The van der Waals surface area contributed by atoms with E-state index in [0.717, 1.165) is 0 Å². The van der Waals surface area contributed by atoms with Crippen LogP contribution in [0, 0.1) is 0 Å². The van der Waals surface area contributed by atoms with Gasteiger partial charge >= 0.3 is 0 Å². The third kappa shape index (κ3) is 3.75. The molecule has 1 aliphatic heterocycles. The highest BCUT2D eigenvalue weighted by Crippen LogP contribution is 1.95. The summed E-state index contributed by atoms with van der Waals surface area (Å²) in [4.78, 5) is 2.39. The molecule has 2 nitrogen and oxygen atoms in total. The minimum atomic E-state index is 0. The molecule has 66 valence electrons. The van der Waals surface area contributed by atoms with Crippen LogP contribution in [0.2, 0.25) is 0 Å². The van der Waals surface area contributed by atoms with E-state index in [1.165, 1.54) is 32.5 Å². The Kier molecular flexibility index (Phi) is 5.56. The highest BCUT2D eigenvalue weighted by atomic mass is 79.9. The number of rotatable bonds is 3. The van der Waals surface area contributed by atoms with E-state index in [2.05, 4.69) is 29.8 Å². The predicted octanol–water partition coefficient (Wildman–Crippen LogP) is -2.22. The Hall–Kier alpha value is -0.0500. The van der Waals surface area contributed by atoms with Crippen LogP contribution < -0.4 is 17.0 Å². The molecule has 0 bridgehead atoms. The van der Waals surface area contributed by atoms with E-state index in [1.54, 1.807) is 0 Å². The smallest absolute Gasteiger partial charge is 0.234 e. The second-order valence-corrected chi connectivity index (χ2v) is 2.99. The lowest BCUT2D eigenvalue weighted by Gasteiger charge is -2.03. The van der Waals surface area contributed by atoms with Crippen LogP contribution in [0.1, 0.15) is 19.8 Å². The standard InChI is InChI=1S/C8H17N2.BrH/c1-3-4-5-10-7-6-9(2)8-10;/h8H,3-7H2,1-2H3;1H/q+1;/p-1. The van der Waals surface area contributed by atoms with Crippen molar-refractivity contribution in [3.8, 4) is 0 Å². The number of nitrogens with zero attached hydrogens (tertiary/aromatic N) is 2. The van der Waals surface area contributed by atoms with Gasteiger partial charge in [-0.25, -0.2) is 0 Å². The first-order valence-electron chi connectivity index (χ1n) is 4.12. The number of likely N-dealkylation sites (N-methyl/N-ethyl adjacent to an activating group) is 1. The first-order valence-corrected chi connectivity index (χ1v) is 4.12. The van der Waals surface area contributed by atoms with Crippen molar-refractivity contribution in [1.82, 2.24) is 4.90 Å². The molecule has 1 rings (SSSR count). The van der Waals surface area contributed by atoms with Gasteiger partial charge in [-0.3, -0.25) is 9.48 Å². The van der Waals surface area contributed by atoms with Gasteiger partial charge in [0.05, 0.1) is 13.6 Å². The molecule has 0 radical (unpaired) electrons. The van der Waals surface area contributed by atoms with Crippen molar-refractivity contribution in [3.05, 3.63) is 0 Å². The first-order chi connectivity index (χ1) is 4.83. The van der Waals surface area contributed by atoms with Crippen LogP contribution in [-0.2, 0) is 0 Å². The molecular weight excluding hydrogens is 204 g/mol. The van der Waals surface area contributed by atoms with Crippen LogP contribution in [0.25, 0.3) is 0 Å². The van der Waals surface area contributed by atoms with Gasteiger partial charge in [-0.15, -0.1) is 0 Å². The van der Waals surface area contributed by atoms with E-state index < -0.39 is 0 Å². The summed E-state index contributed by atoms with van der Waals surface area (Å²) in [5, 5.41) is 0. The Labute approximate surface area is 79.7 Å². The molecule has 0 fully saturated rings. The highest BCUT2D eigenvalue weighted by Gasteiger charge is 2.14. The van der Waals surface area contributed by atoms with Crippen LogP contribution in [0.15, 0.2) is 0 Å². The summed E-state index contributed by atoms with van der Waals surface area (Å²) in [5.74, 6) is 0. The zero-order chi connectivity index (χ0) is 7.40. The minimum Gasteiger partial charge on any atom is -1.00 e. The molecule has 0 spiro atoms. The van der Waals surface area contributed by atoms with E-state index in [4.69, 9.17) is 0 Å². The van der Waals surface area contributed by atoms with Gasteiger partial charge in [-0.05, 0) is 6.42 Å². The zero-order valence-corrected chi connectivity index (χ0v) is 8.97. The minimum absolute atomic E-state index is 0. The molecule has 0 N–H and O–H groups in total. The van der Waals surface area contributed by atoms with Crippen LogP contribution in [0.3, 0.4) is 0 Å². The lowest BCUT2D eigenvalue weighted by Crippen LogP contribution is -3.00. The molecule has 0 saturated carbocycles. The SMILES string of the molecule is CCCCN1C=[N+](C)CC1.[Br-]. The van der Waals surface area contributed by atoms with Crippen LogP contribution in [0.5, 0.6) is 0 Å². The quantitative estimate of drug-likeness (QED) is 0.489. The average molecular weight is 221 g/mol. The second kappa shape index (κ2) is 5.58. The Balaban J connectivity index is 0.000001000. The summed E-state index contributed by atoms with van der Waals surface area (Å²) < 4.78 is 2.25. The van der Waals surface area contributed by atoms with E-state index in [1.807, 2.05) is 0 Å². The Morgan fingerprint density at radius 1 is 1.55 bits per heavy atom. The van der Waals surface area contributed by atoms with Crippen molar-refractivity contribution in [2.45, 2.75) is 19.8 Å². The molecule has 0 amide bonds.